The summed E-state index contributed by atoms with van der Waals surface area (Å²) in [6.45, 7) is 14.7. The first-order chi connectivity index (χ1) is 11.7. The topological polar surface area (TPSA) is 76.8 Å². The van der Waals surface area contributed by atoms with Gasteiger partial charge in [-0.3, -0.25) is 9.69 Å². The lowest BCUT2D eigenvalue weighted by atomic mass is 9.54. The summed E-state index contributed by atoms with van der Waals surface area (Å²) >= 11 is 0. The number of halogens is 2. The van der Waals surface area contributed by atoms with E-state index in [0.29, 0.717) is 31.8 Å². The lowest BCUT2D eigenvalue weighted by molar-refractivity contribution is -0.170. The van der Waals surface area contributed by atoms with Crippen molar-refractivity contribution >= 4 is 30.7 Å². The van der Waals surface area contributed by atoms with Gasteiger partial charge in [-0.05, 0) is 40.2 Å². The first-order valence-corrected chi connectivity index (χ1v) is 9.77. The third-order valence-electron chi connectivity index (χ3n) is 5.92. The zero-order chi connectivity index (χ0) is 18.7. The second-order valence-electron chi connectivity index (χ2n) is 8.32. The molecule has 1 saturated heterocycles. The highest BCUT2D eigenvalue weighted by atomic mass is 35.5. The molecule has 1 saturated carbocycles. The Morgan fingerprint density at radius 1 is 1.22 bits per heavy atom. The molecule has 0 aromatic carbocycles. The number of nitrogens with zero attached hydrogens (tertiary/aromatic N) is 1. The van der Waals surface area contributed by atoms with E-state index in [1.54, 1.807) is 0 Å². The van der Waals surface area contributed by atoms with Crippen molar-refractivity contribution in [3.8, 4) is 0 Å². The molecule has 4 atom stereocenters. The van der Waals surface area contributed by atoms with E-state index in [9.17, 15) is 4.79 Å². The Morgan fingerprint density at radius 2 is 1.81 bits per heavy atom. The predicted molar refractivity (Wildman–Crippen MR) is 114 cm³/mol. The molecule has 2 rings (SSSR count). The largest absolute Gasteiger partial charge is 0.378 e. The fourth-order valence-corrected chi connectivity index (χ4v) is 4.11. The maximum atomic E-state index is 12.5. The number of hydrogen-bond acceptors (Lipinski definition) is 5. The number of amides is 1. The van der Waals surface area contributed by atoms with E-state index in [1.807, 2.05) is 20.8 Å². The van der Waals surface area contributed by atoms with Crippen LogP contribution >= 0.6 is 24.8 Å². The zero-order valence-corrected chi connectivity index (χ0v) is 19.1. The number of hydrogen-bond donors (Lipinski definition) is 2. The fraction of sp³-hybridized carbons (Fsp3) is 0.947. The van der Waals surface area contributed by atoms with E-state index in [2.05, 4.69) is 24.1 Å². The van der Waals surface area contributed by atoms with E-state index in [-0.39, 0.29) is 42.2 Å². The minimum absolute atomic E-state index is 0. The lowest BCUT2D eigenvalue weighted by Crippen LogP contribution is -2.75. The van der Waals surface area contributed by atoms with E-state index in [1.165, 1.54) is 0 Å². The van der Waals surface area contributed by atoms with Gasteiger partial charge in [0.1, 0.15) is 5.54 Å². The molecule has 6 nitrogen and oxygen atoms in total. The Morgan fingerprint density at radius 3 is 2.33 bits per heavy atom. The molecule has 2 aliphatic rings. The standard InChI is InChI=1S/C19H37N3O3.2ClH/c1-6-24-16-11-19(20,18(16,4)5)17(23)21-9-7-8-10-22-12-14(2)25-15(3)13-22;;/h14-16H,6-13,20H2,1-5H3,(H,21,23);2*1H. The van der Waals surface area contributed by atoms with Crippen molar-refractivity contribution in [2.24, 2.45) is 11.1 Å². The molecule has 2 fully saturated rings. The monoisotopic (exact) mass is 427 g/mol. The Labute approximate surface area is 177 Å². The third-order valence-corrected chi connectivity index (χ3v) is 5.92. The molecule has 1 aliphatic heterocycles. The highest BCUT2D eigenvalue weighted by molar-refractivity contribution is 5.88. The number of morpholine rings is 1. The fourth-order valence-electron chi connectivity index (χ4n) is 4.11. The molecule has 0 bridgehead atoms. The number of carbonyl (C=O) groups excluding carboxylic acids is 1. The molecule has 0 spiro atoms. The van der Waals surface area contributed by atoms with Crippen LogP contribution in [0.1, 0.15) is 53.9 Å². The Hall–Kier alpha value is -0.110. The Balaban J connectivity index is 0.00000338. The van der Waals surface area contributed by atoms with E-state index in [0.717, 1.165) is 32.5 Å². The van der Waals surface area contributed by atoms with Gasteiger partial charge < -0.3 is 20.5 Å². The number of nitrogens with two attached hydrogens (primary N) is 1. The Bertz CT molecular complexity index is 457. The van der Waals surface area contributed by atoms with Crippen LogP contribution in [0.2, 0.25) is 0 Å². The minimum Gasteiger partial charge on any atom is -0.378 e. The van der Waals surface area contributed by atoms with E-state index < -0.39 is 5.54 Å². The number of ether oxygens (including phenoxy) is 2. The number of unbranched alkanes of at least 4 members (excludes halogenated alkanes) is 1. The first-order valence-electron chi connectivity index (χ1n) is 9.77. The van der Waals surface area contributed by atoms with Crippen LogP contribution in [0.5, 0.6) is 0 Å². The maximum Gasteiger partial charge on any atom is 0.240 e. The molecular formula is C19H39Cl2N3O3. The molecule has 0 aromatic heterocycles. The summed E-state index contributed by atoms with van der Waals surface area (Å²) in [6.07, 6.45) is 3.32. The van der Waals surface area contributed by atoms with Crippen LogP contribution in [0, 0.1) is 5.41 Å². The van der Waals surface area contributed by atoms with Crippen molar-refractivity contribution in [3.63, 3.8) is 0 Å². The Kier molecular flexibility index (Phi) is 11.1. The predicted octanol–water partition coefficient (Wildman–Crippen LogP) is 2.37. The van der Waals surface area contributed by atoms with E-state index in [4.69, 9.17) is 15.2 Å². The summed E-state index contributed by atoms with van der Waals surface area (Å²) in [4.78, 5) is 15.0. The minimum atomic E-state index is -0.818. The molecule has 1 amide bonds. The molecule has 27 heavy (non-hydrogen) atoms. The summed E-state index contributed by atoms with van der Waals surface area (Å²) in [7, 11) is 0. The van der Waals surface area contributed by atoms with Crippen molar-refractivity contribution in [1.29, 1.82) is 0 Å². The van der Waals surface area contributed by atoms with Crippen LogP contribution < -0.4 is 11.1 Å². The summed E-state index contributed by atoms with van der Waals surface area (Å²) in [5.41, 5.74) is 5.25. The van der Waals surface area contributed by atoms with Crippen LogP contribution in [0.15, 0.2) is 0 Å². The van der Waals surface area contributed by atoms with Crippen molar-refractivity contribution in [2.75, 3.05) is 32.8 Å². The summed E-state index contributed by atoms with van der Waals surface area (Å²) in [6, 6.07) is 0. The first kappa shape index (κ1) is 26.9. The van der Waals surface area contributed by atoms with Crippen molar-refractivity contribution in [3.05, 3.63) is 0 Å². The quantitative estimate of drug-likeness (QED) is 0.581. The zero-order valence-electron chi connectivity index (χ0n) is 17.5. The van der Waals surface area contributed by atoms with Gasteiger partial charge in [-0.1, -0.05) is 13.8 Å². The van der Waals surface area contributed by atoms with Crippen molar-refractivity contribution in [2.45, 2.75) is 77.7 Å². The van der Waals surface area contributed by atoms with Crippen molar-refractivity contribution < 1.29 is 14.3 Å². The molecule has 0 radical (unpaired) electrons. The lowest BCUT2D eigenvalue weighted by Gasteiger charge is -2.57. The van der Waals surface area contributed by atoms with Crippen molar-refractivity contribution in [1.82, 2.24) is 10.2 Å². The third kappa shape index (κ3) is 6.18. The summed E-state index contributed by atoms with van der Waals surface area (Å²) in [5, 5.41) is 3.04. The molecule has 162 valence electrons. The van der Waals surface area contributed by atoms with E-state index >= 15 is 0 Å². The smallest absolute Gasteiger partial charge is 0.240 e. The average Bonchev–Trinajstić information content (AvgIpc) is 2.53. The maximum absolute atomic E-state index is 12.5. The van der Waals surface area contributed by atoms with Gasteiger partial charge in [0, 0.05) is 38.1 Å². The van der Waals surface area contributed by atoms with Crippen LogP contribution in [0.25, 0.3) is 0 Å². The number of carbonyl (C=O) groups is 1. The van der Waals surface area contributed by atoms with Gasteiger partial charge in [0.2, 0.25) is 5.91 Å². The van der Waals surface area contributed by atoms with Gasteiger partial charge >= 0.3 is 0 Å². The van der Waals surface area contributed by atoms with Crippen LogP contribution in [0.4, 0.5) is 0 Å². The molecule has 1 heterocycles. The number of nitrogens with one attached hydrogen (secondary N) is 1. The highest BCUT2D eigenvalue weighted by Gasteiger charge is 2.62. The molecule has 4 unspecified atom stereocenters. The average molecular weight is 428 g/mol. The highest BCUT2D eigenvalue weighted by Crippen LogP contribution is 2.49. The normalized spacial score (nSPS) is 32.6. The van der Waals surface area contributed by atoms with Crippen LogP contribution in [-0.2, 0) is 14.3 Å². The van der Waals surface area contributed by atoms with Gasteiger partial charge in [-0.2, -0.15) is 0 Å². The summed E-state index contributed by atoms with van der Waals surface area (Å²) in [5.74, 6) is -0.0397. The van der Waals surface area contributed by atoms with Crippen LogP contribution in [-0.4, -0.2) is 67.4 Å². The molecule has 1 aliphatic carbocycles. The summed E-state index contributed by atoms with van der Waals surface area (Å²) < 4.78 is 11.4. The molecule has 8 heteroatoms. The van der Waals surface area contributed by atoms with Gasteiger partial charge in [-0.15, -0.1) is 24.8 Å². The van der Waals surface area contributed by atoms with Gasteiger partial charge in [0.15, 0.2) is 0 Å². The van der Waals surface area contributed by atoms with Gasteiger partial charge in [-0.25, -0.2) is 0 Å². The van der Waals surface area contributed by atoms with Gasteiger partial charge in [0.25, 0.3) is 0 Å². The molecular weight excluding hydrogens is 389 g/mol. The molecule has 0 aromatic rings. The second kappa shape index (κ2) is 11.2. The second-order valence-corrected chi connectivity index (χ2v) is 8.32. The molecule has 3 N–H and O–H groups in total. The number of rotatable bonds is 8. The van der Waals surface area contributed by atoms with Gasteiger partial charge in [0.05, 0.1) is 18.3 Å². The van der Waals surface area contributed by atoms with Crippen LogP contribution in [0.3, 0.4) is 0 Å². The SMILES string of the molecule is CCOC1CC(N)(C(=O)NCCCCN2CC(C)OC(C)C2)C1(C)C.Cl.Cl.